The molecule has 1 aromatic heterocycles. The smallest absolute Gasteiger partial charge is 0.0965 e. The Morgan fingerprint density at radius 1 is 1.12 bits per heavy atom. The minimum atomic E-state index is -0.0993. The van der Waals surface area contributed by atoms with Gasteiger partial charge in [0.2, 0.25) is 0 Å². The van der Waals surface area contributed by atoms with E-state index in [2.05, 4.69) is 36.4 Å². The Hall–Kier alpha value is -0.930. The first kappa shape index (κ1) is 17.2. The van der Waals surface area contributed by atoms with E-state index in [0.717, 1.165) is 37.0 Å². The van der Waals surface area contributed by atoms with Gasteiger partial charge in [-0.15, -0.1) is 11.3 Å². The van der Waals surface area contributed by atoms with Crippen molar-refractivity contribution in [2.45, 2.75) is 71.3 Å². The number of aliphatic hydroxyl groups is 1. The highest BCUT2D eigenvalue weighted by atomic mass is 32.1. The fourth-order valence-electron chi connectivity index (χ4n) is 7.08. The summed E-state index contributed by atoms with van der Waals surface area (Å²) in [6, 6.07) is 0. The molecule has 0 radical (unpaired) electrons. The van der Waals surface area contributed by atoms with Crippen molar-refractivity contribution in [3.8, 4) is 0 Å². The Labute approximate surface area is 161 Å². The van der Waals surface area contributed by atoms with Crippen LogP contribution in [0.1, 0.15) is 63.8 Å². The van der Waals surface area contributed by atoms with Crippen LogP contribution in [0.3, 0.4) is 0 Å². The van der Waals surface area contributed by atoms with Gasteiger partial charge in [-0.2, -0.15) is 0 Å². The third-order valence-electron chi connectivity index (χ3n) is 8.64. The first-order chi connectivity index (χ1) is 12.5. The average molecular weight is 370 g/mol. The van der Waals surface area contributed by atoms with E-state index in [-0.39, 0.29) is 6.10 Å². The molecule has 1 aromatic rings. The zero-order chi connectivity index (χ0) is 17.9. The van der Waals surface area contributed by atoms with Crippen LogP contribution in [0.5, 0.6) is 0 Å². The third-order valence-corrected chi connectivity index (χ3v) is 9.42. The molecule has 3 heteroatoms. The molecule has 0 spiro atoms. The molecule has 140 valence electrons. The summed E-state index contributed by atoms with van der Waals surface area (Å²) < 4.78 is 0. The van der Waals surface area contributed by atoms with Gasteiger partial charge in [0.1, 0.15) is 0 Å². The van der Waals surface area contributed by atoms with E-state index >= 15 is 0 Å². The minimum Gasteiger partial charge on any atom is -0.393 e. The van der Waals surface area contributed by atoms with Gasteiger partial charge in [0.25, 0.3) is 0 Å². The lowest BCUT2D eigenvalue weighted by Gasteiger charge is -2.57. The second-order valence-corrected chi connectivity index (χ2v) is 10.7. The maximum atomic E-state index is 10.2. The summed E-state index contributed by atoms with van der Waals surface area (Å²) in [7, 11) is 0. The van der Waals surface area contributed by atoms with Crippen molar-refractivity contribution in [2.75, 3.05) is 0 Å². The summed E-state index contributed by atoms with van der Waals surface area (Å²) in [5, 5.41) is 13.5. The molecular weight excluding hydrogens is 338 g/mol. The molecule has 1 heterocycles. The average Bonchev–Trinajstić information content (AvgIpc) is 3.24. The molecule has 0 aromatic carbocycles. The second-order valence-electron chi connectivity index (χ2n) is 9.68. The molecular formula is C23H31NOS. The Morgan fingerprint density at radius 3 is 2.77 bits per heavy atom. The van der Waals surface area contributed by atoms with Crippen molar-refractivity contribution in [1.29, 1.82) is 0 Å². The van der Waals surface area contributed by atoms with Crippen LogP contribution in [0, 0.1) is 28.6 Å². The molecule has 6 atom stereocenters. The molecule has 2 saturated carbocycles. The van der Waals surface area contributed by atoms with Crippen LogP contribution >= 0.6 is 11.3 Å². The van der Waals surface area contributed by atoms with Crippen molar-refractivity contribution in [2.24, 2.45) is 28.6 Å². The quantitative estimate of drug-likeness (QED) is 0.694. The number of nitrogens with zero attached hydrogens (tertiary/aromatic N) is 1. The molecule has 0 amide bonds. The number of hydrogen-bond acceptors (Lipinski definition) is 3. The molecule has 0 aliphatic heterocycles. The number of fused-ring (bicyclic) bond motifs is 5. The molecule has 5 rings (SSSR count). The van der Waals surface area contributed by atoms with Crippen LogP contribution in [-0.2, 0) is 6.42 Å². The molecule has 4 aliphatic rings. The fraction of sp³-hybridized carbons (Fsp3) is 0.696. The summed E-state index contributed by atoms with van der Waals surface area (Å²) in [4.78, 5) is 4.55. The van der Waals surface area contributed by atoms with Crippen molar-refractivity contribution in [1.82, 2.24) is 4.98 Å². The summed E-state index contributed by atoms with van der Waals surface area (Å²) >= 11 is 1.80. The van der Waals surface area contributed by atoms with Gasteiger partial charge in [0.05, 0.1) is 11.1 Å². The predicted octanol–water partition coefficient (Wildman–Crippen LogP) is 5.55. The number of allylic oxidation sites excluding steroid dienone is 3. The lowest BCUT2D eigenvalue weighted by Crippen LogP contribution is -2.50. The first-order valence-electron chi connectivity index (χ1n) is 10.5. The van der Waals surface area contributed by atoms with E-state index < -0.39 is 0 Å². The van der Waals surface area contributed by atoms with E-state index in [1.807, 2.05) is 6.20 Å². The summed E-state index contributed by atoms with van der Waals surface area (Å²) in [6.07, 6.45) is 16.3. The fourth-order valence-corrected chi connectivity index (χ4v) is 7.71. The Kier molecular flexibility index (Phi) is 3.99. The maximum absolute atomic E-state index is 10.2. The highest BCUT2D eigenvalue weighted by molar-refractivity contribution is 7.09. The topological polar surface area (TPSA) is 33.1 Å². The van der Waals surface area contributed by atoms with Gasteiger partial charge in [0, 0.05) is 18.0 Å². The molecule has 0 unspecified atom stereocenters. The van der Waals surface area contributed by atoms with Gasteiger partial charge < -0.3 is 5.11 Å². The molecule has 0 bridgehead atoms. The third kappa shape index (κ3) is 2.43. The maximum Gasteiger partial charge on any atom is 0.0965 e. The molecule has 0 saturated heterocycles. The van der Waals surface area contributed by atoms with Crippen LogP contribution in [0.4, 0.5) is 0 Å². The SMILES string of the molecule is C[C@]12CC[C@@H](O)CC1=CC[C@@H]1[C@@H]2CC[C@]2(C)C(Cc3nccs3)=CC[C@@H]12. The molecule has 2 fully saturated rings. The van der Waals surface area contributed by atoms with Crippen molar-refractivity contribution < 1.29 is 5.11 Å². The highest BCUT2D eigenvalue weighted by Gasteiger charge is 2.56. The van der Waals surface area contributed by atoms with Gasteiger partial charge in [-0.25, -0.2) is 4.98 Å². The Balaban J connectivity index is 1.42. The Bertz CT molecular complexity index is 750. The van der Waals surface area contributed by atoms with Gasteiger partial charge in [-0.3, -0.25) is 0 Å². The highest BCUT2D eigenvalue weighted by Crippen LogP contribution is 2.65. The van der Waals surface area contributed by atoms with E-state index in [0.29, 0.717) is 10.8 Å². The first-order valence-corrected chi connectivity index (χ1v) is 11.3. The zero-order valence-corrected chi connectivity index (χ0v) is 16.9. The lowest BCUT2D eigenvalue weighted by atomic mass is 9.47. The summed E-state index contributed by atoms with van der Waals surface area (Å²) in [5.41, 5.74) is 3.97. The van der Waals surface area contributed by atoms with Gasteiger partial charge in [-0.05, 0) is 73.5 Å². The number of aliphatic hydroxyl groups excluding tert-OH is 1. The number of aromatic nitrogens is 1. The largest absolute Gasteiger partial charge is 0.393 e. The minimum absolute atomic E-state index is 0.0993. The number of rotatable bonds is 2. The van der Waals surface area contributed by atoms with Crippen LogP contribution < -0.4 is 0 Å². The van der Waals surface area contributed by atoms with E-state index in [1.54, 1.807) is 22.5 Å². The standard InChI is InChI=1S/C23H31NOS/c1-22-9-7-17(25)13-15(22)3-5-18-19-6-4-16(14-21-24-11-12-26-21)23(19,2)10-8-20(18)22/h3-4,11-12,17-20,25H,5-10,13-14H2,1-2H3/t17-,18+,19+,20+,22+,23-/m1/s1. The second kappa shape index (κ2) is 6.04. The summed E-state index contributed by atoms with van der Waals surface area (Å²) in [5.74, 6) is 2.45. The van der Waals surface area contributed by atoms with Crippen LogP contribution in [-0.4, -0.2) is 16.2 Å². The van der Waals surface area contributed by atoms with Crippen LogP contribution in [0.2, 0.25) is 0 Å². The molecule has 1 N–H and O–H groups in total. The number of hydrogen-bond donors (Lipinski definition) is 1. The number of thiazole rings is 1. The van der Waals surface area contributed by atoms with E-state index in [1.165, 1.54) is 37.1 Å². The van der Waals surface area contributed by atoms with Crippen LogP contribution in [0.15, 0.2) is 34.9 Å². The van der Waals surface area contributed by atoms with Gasteiger partial charge >= 0.3 is 0 Å². The zero-order valence-electron chi connectivity index (χ0n) is 16.1. The Morgan fingerprint density at radius 2 is 1.96 bits per heavy atom. The van der Waals surface area contributed by atoms with Crippen molar-refractivity contribution in [3.63, 3.8) is 0 Å². The molecule has 26 heavy (non-hydrogen) atoms. The van der Waals surface area contributed by atoms with Crippen LogP contribution in [0.25, 0.3) is 0 Å². The van der Waals surface area contributed by atoms with E-state index in [9.17, 15) is 5.11 Å². The normalized spacial score (nSPS) is 44.6. The predicted molar refractivity (Wildman–Crippen MR) is 107 cm³/mol. The van der Waals surface area contributed by atoms with Crippen molar-refractivity contribution >= 4 is 11.3 Å². The monoisotopic (exact) mass is 369 g/mol. The molecule has 4 aliphatic carbocycles. The molecule has 2 nitrogen and oxygen atoms in total. The lowest BCUT2D eigenvalue weighted by molar-refractivity contribution is -0.0298. The van der Waals surface area contributed by atoms with E-state index in [4.69, 9.17) is 0 Å². The van der Waals surface area contributed by atoms with Crippen molar-refractivity contribution in [3.05, 3.63) is 39.9 Å². The van der Waals surface area contributed by atoms with Gasteiger partial charge in [0.15, 0.2) is 0 Å². The summed E-state index contributed by atoms with van der Waals surface area (Å²) in [6.45, 7) is 5.07. The van der Waals surface area contributed by atoms with Gasteiger partial charge in [-0.1, -0.05) is 37.1 Å².